The molecule has 2 aliphatic rings. The fourth-order valence-corrected chi connectivity index (χ4v) is 5.52. The molecular weight excluding hydrogens is 568 g/mol. The van der Waals surface area contributed by atoms with Crippen LogP contribution in [0, 0.1) is 11.6 Å². The van der Waals surface area contributed by atoms with Gasteiger partial charge in [-0.1, -0.05) is 35.9 Å². The molecule has 2 aliphatic heterocycles. The molecule has 1 saturated heterocycles. The summed E-state index contributed by atoms with van der Waals surface area (Å²) < 4.78 is 36.3. The number of carbonyl (C=O) groups excluding carboxylic acids is 2. The van der Waals surface area contributed by atoms with E-state index < -0.39 is 23.4 Å². The number of amides is 3. The molecule has 1 aromatic heterocycles. The summed E-state index contributed by atoms with van der Waals surface area (Å²) in [4.78, 5) is 31.9. The molecule has 0 aliphatic carbocycles. The maximum Gasteiger partial charge on any atom is 0.329 e. The lowest BCUT2D eigenvalue weighted by Gasteiger charge is -2.26. The Hall–Kier alpha value is -4.48. The van der Waals surface area contributed by atoms with Crippen LogP contribution in [-0.4, -0.2) is 38.0 Å². The Kier molecular flexibility index (Phi) is 7.29. The van der Waals surface area contributed by atoms with Gasteiger partial charge in [0.1, 0.15) is 24.1 Å². The predicted molar refractivity (Wildman–Crippen MR) is 151 cm³/mol. The number of imidazole rings is 1. The zero-order valence-electron chi connectivity index (χ0n) is 22.5. The van der Waals surface area contributed by atoms with Gasteiger partial charge >= 0.3 is 6.03 Å². The van der Waals surface area contributed by atoms with Crippen molar-refractivity contribution < 1.29 is 28.2 Å². The second-order valence-corrected chi connectivity index (χ2v) is 10.7. The molecule has 216 valence electrons. The molecule has 12 heteroatoms. The molecule has 9 nitrogen and oxygen atoms in total. The number of ether oxygens (including phenoxy) is 1. The lowest BCUT2D eigenvalue weighted by Crippen LogP contribution is -2.50. The number of halogens is 3. The van der Waals surface area contributed by atoms with Crippen molar-refractivity contribution in [3.63, 3.8) is 0 Å². The molecule has 0 saturated carbocycles. The second-order valence-electron chi connectivity index (χ2n) is 10.3. The number of hydrogen-bond donors (Lipinski definition) is 2. The average molecular weight is 594 g/mol. The third-order valence-electron chi connectivity index (χ3n) is 7.54. The molecule has 2 N–H and O–H groups in total. The molecule has 0 unspecified atom stereocenters. The summed E-state index contributed by atoms with van der Waals surface area (Å²) in [6.45, 7) is 1.47. The Morgan fingerprint density at radius 1 is 1.10 bits per heavy atom. The summed E-state index contributed by atoms with van der Waals surface area (Å²) in [5, 5.41) is 13.1. The summed E-state index contributed by atoms with van der Waals surface area (Å²) in [6, 6.07) is 12.8. The van der Waals surface area contributed by atoms with Gasteiger partial charge in [-0.15, -0.1) is 0 Å². The number of carbonyl (C=O) groups is 2. The van der Waals surface area contributed by atoms with E-state index in [0.29, 0.717) is 36.8 Å². The molecule has 0 bridgehead atoms. The molecule has 3 heterocycles. The van der Waals surface area contributed by atoms with Gasteiger partial charge in [-0.3, -0.25) is 19.9 Å². The number of aromatic hydroxyl groups is 1. The van der Waals surface area contributed by atoms with Crippen molar-refractivity contribution in [1.82, 2.24) is 19.8 Å². The zero-order chi connectivity index (χ0) is 29.5. The Morgan fingerprint density at radius 3 is 2.69 bits per heavy atom. The molecule has 3 aromatic carbocycles. The minimum Gasteiger partial charge on any atom is -0.504 e. The number of benzene rings is 3. The highest BCUT2D eigenvalue weighted by molar-refractivity contribution is 6.31. The van der Waals surface area contributed by atoms with E-state index in [0.717, 1.165) is 16.7 Å². The number of aromatic nitrogens is 2. The monoisotopic (exact) mass is 593 g/mol. The molecular formula is C30H26ClF2N5O4. The molecule has 6 rings (SSSR count). The van der Waals surface area contributed by atoms with Crippen molar-refractivity contribution in [3.8, 4) is 22.9 Å². The van der Waals surface area contributed by atoms with E-state index in [2.05, 4.69) is 15.2 Å². The third kappa shape index (κ3) is 5.17. The molecule has 4 aromatic rings. The Morgan fingerprint density at radius 2 is 1.90 bits per heavy atom. The van der Waals surface area contributed by atoms with E-state index >= 15 is 0 Å². The zero-order valence-corrected chi connectivity index (χ0v) is 23.3. The van der Waals surface area contributed by atoms with Gasteiger partial charge in [0.15, 0.2) is 11.5 Å². The number of rotatable bonds is 7. The molecule has 42 heavy (non-hydrogen) atoms. The Labute approximate surface area is 244 Å². The maximum absolute atomic E-state index is 15.0. The number of fused-ring (bicyclic) bond motifs is 1. The molecule has 1 fully saturated rings. The van der Waals surface area contributed by atoms with Gasteiger partial charge in [-0.05, 0) is 35.4 Å². The Bertz CT molecular complexity index is 1710. The number of imide groups is 1. The van der Waals surface area contributed by atoms with E-state index in [1.807, 2.05) is 29.8 Å². The van der Waals surface area contributed by atoms with Gasteiger partial charge in [0, 0.05) is 56.3 Å². The van der Waals surface area contributed by atoms with Crippen molar-refractivity contribution in [1.29, 1.82) is 0 Å². The van der Waals surface area contributed by atoms with Crippen LogP contribution in [0.5, 0.6) is 11.5 Å². The van der Waals surface area contributed by atoms with Crippen molar-refractivity contribution in [2.75, 3.05) is 11.4 Å². The van der Waals surface area contributed by atoms with Crippen molar-refractivity contribution >= 4 is 29.4 Å². The number of anilines is 1. The molecule has 0 radical (unpaired) electrons. The lowest BCUT2D eigenvalue weighted by atomic mass is 10.1. The van der Waals surface area contributed by atoms with Crippen LogP contribution in [0.15, 0.2) is 54.7 Å². The maximum atomic E-state index is 15.0. The first-order chi connectivity index (χ1) is 20.2. The fraction of sp³-hybridized carbons (Fsp3) is 0.233. The normalized spacial score (nSPS) is 15.2. The second kappa shape index (κ2) is 11.1. The topological polar surface area (TPSA) is 99.9 Å². The van der Waals surface area contributed by atoms with Gasteiger partial charge in [-0.25, -0.2) is 14.2 Å². The number of nitrogens with zero attached hydrogens (tertiary/aromatic N) is 4. The van der Waals surface area contributed by atoms with E-state index in [-0.39, 0.29) is 41.8 Å². The van der Waals surface area contributed by atoms with Crippen molar-refractivity contribution in [2.24, 2.45) is 7.05 Å². The quantitative estimate of drug-likeness (QED) is 0.303. The first-order valence-electron chi connectivity index (χ1n) is 13.2. The predicted octanol–water partition coefficient (Wildman–Crippen LogP) is 5.27. The smallest absolute Gasteiger partial charge is 0.329 e. The Balaban J connectivity index is 1.14. The van der Waals surface area contributed by atoms with Gasteiger partial charge < -0.3 is 14.4 Å². The van der Waals surface area contributed by atoms with Crippen LogP contribution in [0.25, 0.3) is 11.4 Å². The highest BCUT2D eigenvalue weighted by atomic mass is 35.5. The summed E-state index contributed by atoms with van der Waals surface area (Å²) in [5.41, 5.74) is 3.53. The lowest BCUT2D eigenvalue weighted by molar-refractivity contribution is -0.120. The minimum absolute atomic E-state index is 0.103. The molecule has 0 spiro atoms. The van der Waals surface area contributed by atoms with Crippen LogP contribution in [0.3, 0.4) is 0 Å². The number of phenolic OH excluding ortho intramolecular Hbond substituents is 1. The van der Waals surface area contributed by atoms with Gasteiger partial charge in [0.05, 0.1) is 11.2 Å². The van der Waals surface area contributed by atoms with E-state index in [1.165, 1.54) is 29.2 Å². The number of nitrogens with one attached hydrogen (secondary N) is 1. The first-order valence-corrected chi connectivity index (χ1v) is 13.6. The molecule has 0 atom stereocenters. The van der Waals surface area contributed by atoms with Gasteiger partial charge in [-0.2, -0.15) is 4.39 Å². The number of urea groups is 1. The molecule has 3 amide bonds. The van der Waals surface area contributed by atoms with E-state index in [4.69, 9.17) is 16.3 Å². The number of phenols is 1. The summed E-state index contributed by atoms with van der Waals surface area (Å²) in [6.07, 6.45) is 1.83. The van der Waals surface area contributed by atoms with Crippen LogP contribution in [0.4, 0.5) is 19.4 Å². The summed E-state index contributed by atoms with van der Waals surface area (Å²) in [7, 11) is 1.82. The SMILES string of the molecule is Cn1c(N2CCC(=O)NC2=O)cnc1-c1ccc2c(c1)CN(Cc1ccc(OCc3c(F)cccc3Cl)c(F)c1O)C2. The van der Waals surface area contributed by atoms with Crippen LogP contribution in [0.2, 0.25) is 5.02 Å². The largest absolute Gasteiger partial charge is 0.504 e. The van der Waals surface area contributed by atoms with Crippen molar-refractivity contribution in [3.05, 3.63) is 93.6 Å². The minimum atomic E-state index is -0.920. The van der Waals surface area contributed by atoms with Crippen LogP contribution >= 0.6 is 11.6 Å². The van der Waals surface area contributed by atoms with Gasteiger partial charge in [0.25, 0.3) is 0 Å². The van der Waals surface area contributed by atoms with Gasteiger partial charge in [0.2, 0.25) is 11.7 Å². The fourth-order valence-electron chi connectivity index (χ4n) is 5.30. The van der Waals surface area contributed by atoms with Crippen molar-refractivity contribution in [2.45, 2.75) is 32.7 Å². The highest BCUT2D eigenvalue weighted by Gasteiger charge is 2.28. The van der Waals surface area contributed by atoms with E-state index in [1.54, 1.807) is 12.3 Å². The third-order valence-corrected chi connectivity index (χ3v) is 7.89. The average Bonchev–Trinajstić information content (AvgIpc) is 3.54. The van der Waals surface area contributed by atoms with E-state index in [9.17, 15) is 23.5 Å². The summed E-state index contributed by atoms with van der Waals surface area (Å²) in [5.74, 6) is -1.25. The number of hydrogen-bond acceptors (Lipinski definition) is 6. The standard InChI is InChI=1S/C30H26ClF2N5O4/c1-36-26(38-10-9-25(39)35-30(38)41)12-34-29(36)17-5-6-18-13-37(15-20(18)11-17)14-19-7-8-24(27(33)28(19)40)42-16-21-22(31)3-2-4-23(21)32/h2-8,11-12,40H,9-10,13-16H2,1H3,(H,35,39,41). The first kappa shape index (κ1) is 27.7. The summed E-state index contributed by atoms with van der Waals surface area (Å²) >= 11 is 6.02. The highest BCUT2D eigenvalue weighted by Crippen LogP contribution is 2.35. The van der Waals surface area contributed by atoms with Crippen LogP contribution < -0.4 is 15.0 Å². The van der Waals surface area contributed by atoms with Crippen LogP contribution in [0.1, 0.15) is 28.7 Å². The van der Waals surface area contributed by atoms with Crippen LogP contribution in [-0.2, 0) is 38.1 Å².